The van der Waals surface area contributed by atoms with Crippen molar-refractivity contribution >= 4 is 27.3 Å². The first-order valence-electron chi connectivity index (χ1n) is 9.76. The van der Waals surface area contributed by atoms with Crippen molar-refractivity contribution in [1.29, 1.82) is 0 Å². The van der Waals surface area contributed by atoms with Gasteiger partial charge in [-0.25, -0.2) is 8.42 Å². The number of sulfonamides is 1. The van der Waals surface area contributed by atoms with Crippen LogP contribution in [-0.4, -0.2) is 35.2 Å². The van der Waals surface area contributed by atoms with Gasteiger partial charge in [0.25, 0.3) is 15.9 Å². The number of methoxy groups -OCH3 is 2. The summed E-state index contributed by atoms with van der Waals surface area (Å²) in [6, 6.07) is 17.6. The van der Waals surface area contributed by atoms with Gasteiger partial charge in [-0.2, -0.15) is 0 Å². The fourth-order valence-corrected chi connectivity index (χ4v) is 4.02. The minimum absolute atomic E-state index is 0.0609. The van der Waals surface area contributed by atoms with Gasteiger partial charge in [0.2, 0.25) is 0 Å². The van der Waals surface area contributed by atoms with E-state index in [1.807, 2.05) is 0 Å². The minimum Gasteiger partial charge on any atom is -0.497 e. The maximum atomic E-state index is 13.1. The Hall–Kier alpha value is -3.72. The van der Waals surface area contributed by atoms with E-state index in [2.05, 4.69) is 10.0 Å². The third-order valence-electron chi connectivity index (χ3n) is 4.50. The van der Waals surface area contributed by atoms with Crippen molar-refractivity contribution in [1.82, 2.24) is 0 Å². The van der Waals surface area contributed by atoms with E-state index in [0.717, 1.165) is 0 Å². The highest BCUT2D eigenvalue weighted by molar-refractivity contribution is 7.92. The molecule has 8 nitrogen and oxygen atoms in total. The fraction of sp³-hybridized carbons (Fsp3) is 0.174. The van der Waals surface area contributed by atoms with E-state index in [9.17, 15) is 13.2 Å². The lowest BCUT2D eigenvalue weighted by Crippen LogP contribution is -2.16. The SMILES string of the molecule is CCOc1ccc(S(=O)(=O)Nc2cc(OC)ccc2OC)cc1NC(=O)c1ccccc1. The Balaban J connectivity index is 1.95. The Morgan fingerprint density at radius 1 is 0.875 bits per heavy atom. The average Bonchev–Trinajstić information content (AvgIpc) is 2.80. The Labute approximate surface area is 187 Å². The van der Waals surface area contributed by atoms with Crippen LogP contribution in [0, 0.1) is 0 Å². The van der Waals surface area contributed by atoms with Gasteiger partial charge < -0.3 is 19.5 Å². The maximum Gasteiger partial charge on any atom is 0.262 e. The summed E-state index contributed by atoms with van der Waals surface area (Å²) in [4.78, 5) is 12.6. The van der Waals surface area contributed by atoms with Crippen molar-refractivity contribution in [2.75, 3.05) is 30.9 Å². The van der Waals surface area contributed by atoms with E-state index >= 15 is 0 Å². The number of hydrogen-bond donors (Lipinski definition) is 2. The molecule has 0 aliphatic carbocycles. The van der Waals surface area contributed by atoms with Crippen LogP contribution in [0.2, 0.25) is 0 Å². The summed E-state index contributed by atoms with van der Waals surface area (Å²) in [5.41, 5.74) is 0.888. The summed E-state index contributed by atoms with van der Waals surface area (Å²) < 4.78 is 44.6. The molecule has 168 valence electrons. The summed E-state index contributed by atoms with van der Waals surface area (Å²) >= 11 is 0. The number of ether oxygens (including phenoxy) is 3. The minimum atomic E-state index is -4.02. The summed E-state index contributed by atoms with van der Waals surface area (Å²) in [6.07, 6.45) is 0. The number of amides is 1. The van der Waals surface area contributed by atoms with E-state index in [4.69, 9.17) is 14.2 Å². The Morgan fingerprint density at radius 3 is 2.25 bits per heavy atom. The number of benzene rings is 3. The van der Waals surface area contributed by atoms with Gasteiger partial charge in [0.05, 0.1) is 37.1 Å². The lowest BCUT2D eigenvalue weighted by Gasteiger charge is -2.16. The molecule has 1 amide bonds. The smallest absolute Gasteiger partial charge is 0.262 e. The summed E-state index contributed by atoms with van der Waals surface area (Å²) in [6.45, 7) is 2.14. The lowest BCUT2D eigenvalue weighted by molar-refractivity contribution is 0.102. The molecule has 3 rings (SSSR count). The van der Waals surface area contributed by atoms with Crippen molar-refractivity contribution < 1.29 is 27.4 Å². The molecule has 0 aromatic heterocycles. The van der Waals surface area contributed by atoms with Crippen molar-refractivity contribution in [2.24, 2.45) is 0 Å². The number of rotatable bonds is 9. The number of carbonyl (C=O) groups is 1. The van der Waals surface area contributed by atoms with E-state index in [0.29, 0.717) is 29.4 Å². The van der Waals surface area contributed by atoms with Crippen LogP contribution in [0.4, 0.5) is 11.4 Å². The topological polar surface area (TPSA) is 103 Å². The third-order valence-corrected chi connectivity index (χ3v) is 5.86. The highest BCUT2D eigenvalue weighted by atomic mass is 32.2. The zero-order chi connectivity index (χ0) is 23.1. The van der Waals surface area contributed by atoms with Crippen LogP contribution in [0.15, 0.2) is 71.6 Å². The molecule has 0 atom stereocenters. The van der Waals surface area contributed by atoms with Gasteiger partial charge in [0.15, 0.2) is 0 Å². The molecular weight excluding hydrogens is 432 g/mol. The maximum absolute atomic E-state index is 13.1. The molecule has 3 aromatic rings. The van der Waals surface area contributed by atoms with Crippen LogP contribution in [0.1, 0.15) is 17.3 Å². The summed E-state index contributed by atoms with van der Waals surface area (Å²) in [7, 11) is -1.10. The molecule has 0 heterocycles. The first-order chi connectivity index (χ1) is 15.4. The lowest BCUT2D eigenvalue weighted by atomic mass is 10.2. The van der Waals surface area contributed by atoms with Crippen molar-refractivity contribution in [3.05, 3.63) is 72.3 Å². The molecule has 9 heteroatoms. The van der Waals surface area contributed by atoms with Crippen LogP contribution in [0.5, 0.6) is 17.2 Å². The van der Waals surface area contributed by atoms with Crippen LogP contribution in [0.25, 0.3) is 0 Å². The summed E-state index contributed by atoms with van der Waals surface area (Å²) in [5, 5.41) is 2.73. The molecule has 0 aliphatic rings. The van der Waals surface area contributed by atoms with Gasteiger partial charge >= 0.3 is 0 Å². The zero-order valence-electron chi connectivity index (χ0n) is 17.9. The Kier molecular flexibility index (Phi) is 7.21. The zero-order valence-corrected chi connectivity index (χ0v) is 18.7. The van der Waals surface area contributed by atoms with Crippen molar-refractivity contribution in [3.8, 4) is 17.2 Å². The molecule has 3 aromatic carbocycles. The van der Waals surface area contributed by atoms with Gasteiger partial charge in [0.1, 0.15) is 17.2 Å². The second-order valence-corrected chi connectivity index (χ2v) is 8.27. The molecular formula is C23H24N2O6S. The van der Waals surface area contributed by atoms with Crippen LogP contribution >= 0.6 is 0 Å². The molecule has 2 N–H and O–H groups in total. The first kappa shape index (κ1) is 23.0. The molecule has 32 heavy (non-hydrogen) atoms. The van der Waals surface area contributed by atoms with E-state index in [1.54, 1.807) is 49.4 Å². The number of hydrogen-bond acceptors (Lipinski definition) is 6. The quantitative estimate of drug-likeness (QED) is 0.501. The van der Waals surface area contributed by atoms with Crippen molar-refractivity contribution in [3.63, 3.8) is 0 Å². The molecule has 0 aliphatic heterocycles. The molecule has 0 radical (unpaired) electrons. The first-order valence-corrected chi connectivity index (χ1v) is 11.2. The predicted octanol–water partition coefficient (Wildman–Crippen LogP) is 4.16. The van der Waals surface area contributed by atoms with E-state index < -0.39 is 10.0 Å². The monoisotopic (exact) mass is 456 g/mol. The molecule has 0 bridgehead atoms. The standard InChI is InChI=1S/C23H24N2O6S/c1-4-31-22-13-11-18(15-19(22)24-23(26)16-8-6-5-7-9-16)32(27,28)25-20-14-17(29-2)10-12-21(20)30-3/h5-15,25H,4H2,1-3H3,(H,24,26). The van der Waals surface area contributed by atoms with E-state index in [1.165, 1.54) is 38.5 Å². The van der Waals surface area contributed by atoms with Gasteiger partial charge in [-0.15, -0.1) is 0 Å². The Bertz CT molecular complexity index is 1200. The molecule has 0 fully saturated rings. The second-order valence-electron chi connectivity index (χ2n) is 6.58. The normalized spacial score (nSPS) is 10.8. The summed E-state index contributed by atoms with van der Waals surface area (Å²) in [5.74, 6) is 0.766. The van der Waals surface area contributed by atoms with Crippen LogP contribution < -0.4 is 24.2 Å². The molecule has 0 spiro atoms. The predicted molar refractivity (Wildman–Crippen MR) is 122 cm³/mol. The van der Waals surface area contributed by atoms with Gasteiger partial charge in [-0.05, 0) is 49.4 Å². The Morgan fingerprint density at radius 2 is 1.59 bits per heavy atom. The highest BCUT2D eigenvalue weighted by Crippen LogP contribution is 2.33. The largest absolute Gasteiger partial charge is 0.497 e. The van der Waals surface area contributed by atoms with Gasteiger partial charge in [-0.3, -0.25) is 9.52 Å². The number of anilines is 2. The second kappa shape index (κ2) is 10.1. The highest BCUT2D eigenvalue weighted by Gasteiger charge is 2.20. The number of carbonyl (C=O) groups excluding carboxylic acids is 1. The van der Waals surface area contributed by atoms with Crippen LogP contribution in [0.3, 0.4) is 0 Å². The number of nitrogens with one attached hydrogen (secondary N) is 2. The average molecular weight is 457 g/mol. The third kappa shape index (κ3) is 5.30. The molecule has 0 saturated carbocycles. The van der Waals surface area contributed by atoms with E-state index in [-0.39, 0.29) is 22.2 Å². The van der Waals surface area contributed by atoms with Crippen LogP contribution in [-0.2, 0) is 10.0 Å². The fourth-order valence-electron chi connectivity index (χ4n) is 2.94. The molecule has 0 unspecified atom stereocenters. The van der Waals surface area contributed by atoms with Crippen molar-refractivity contribution in [2.45, 2.75) is 11.8 Å². The molecule has 0 saturated heterocycles. The van der Waals surface area contributed by atoms with Gasteiger partial charge in [0, 0.05) is 11.6 Å². The van der Waals surface area contributed by atoms with Gasteiger partial charge in [-0.1, -0.05) is 18.2 Å².